The molecule has 3 rings (SSSR count). The van der Waals surface area contributed by atoms with Crippen LogP contribution in [0.3, 0.4) is 0 Å². The largest absolute Gasteiger partial charge is 0.444 e. The van der Waals surface area contributed by atoms with E-state index in [1.54, 1.807) is 12.1 Å². The molecule has 2 aromatic rings. The van der Waals surface area contributed by atoms with Crippen molar-refractivity contribution in [1.29, 1.82) is 0 Å². The molecule has 11 heteroatoms. The van der Waals surface area contributed by atoms with Crippen LogP contribution in [0.15, 0.2) is 36.5 Å². The van der Waals surface area contributed by atoms with Crippen LogP contribution in [0, 0.1) is 5.82 Å². The van der Waals surface area contributed by atoms with Gasteiger partial charge in [-0.2, -0.15) is 0 Å². The molecule has 168 valence electrons. The Morgan fingerprint density at radius 1 is 1.28 bits per heavy atom. The maximum Gasteiger partial charge on any atom is 0.414 e. The molecule has 1 aromatic heterocycles. The minimum atomic E-state index is -0.618. The Balaban J connectivity index is 1.66. The molecule has 0 aliphatic carbocycles. The Kier molecular flexibility index (Phi) is 6.98. The number of carbonyl (C=O) groups is 4. The maximum atomic E-state index is 14.8. The number of nitrogens with zero attached hydrogens (tertiary/aromatic N) is 2. The number of nitrogens with one attached hydrogen (secondary N) is 2. The second kappa shape index (κ2) is 9.86. The van der Waals surface area contributed by atoms with Crippen LogP contribution in [0.2, 0.25) is 0 Å². The SMILES string of the molecule is CC(=O)NCC(=O)Nc1ccc(-c2ccc(N3CC(CCC(N)=O)OC3=O)cc2F)cn1. The van der Waals surface area contributed by atoms with E-state index in [0.29, 0.717) is 17.7 Å². The number of cyclic esters (lactones) is 1. The highest BCUT2D eigenvalue weighted by Gasteiger charge is 2.32. The number of pyridine rings is 1. The summed E-state index contributed by atoms with van der Waals surface area (Å²) in [6.45, 7) is 1.31. The van der Waals surface area contributed by atoms with Crippen molar-refractivity contribution in [3.63, 3.8) is 0 Å². The lowest BCUT2D eigenvalue weighted by molar-refractivity contribution is -0.122. The van der Waals surface area contributed by atoms with E-state index in [1.807, 2.05) is 0 Å². The van der Waals surface area contributed by atoms with Gasteiger partial charge in [-0.05, 0) is 36.8 Å². The van der Waals surface area contributed by atoms with Crippen molar-refractivity contribution in [1.82, 2.24) is 10.3 Å². The van der Waals surface area contributed by atoms with Crippen LogP contribution in [-0.2, 0) is 19.1 Å². The molecule has 1 unspecified atom stereocenters. The number of nitrogens with two attached hydrogens (primary N) is 1. The molecular formula is C21H22FN5O5. The van der Waals surface area contributed by atoms with Gasteiger partial charge in [-0.15, -0.1) is 0 Å². The van der Waals surface area contributed by atoms with Crippen molar-refractivity contribution >= 4 is 35.3 Å². The predicted molar refractivity (Wildman–Crippen MR) is 113 cm³/mol. The lowest BCUT2D eigenvalue weighted by Gasteiger charge is -2.14. The van der Waals surface area contributed by atoms with Gasteiger partial charge in [0.1, 0.15) is 17.7 Å². The van der Waals surface area contributed by atoms with Crippen molar-refractivity contribution in [3.8, 4) is 11.1 Å². The highest BCUT2D eigenvalue weighted by atomic mass is 19.1. The number of primary amides is 1. The molecule has 4 N–H and O–H groups in total. The fourth-order valence-corrected chi connectivity index (χ4v) is 3.11. The average Bonchev–Trinajstić information content (AvgIpc) is 3.12. The van der Waals surface area contributed by atoms with E-state index in [2.05, 4.69) is 15.6 Å². The van der Waals surface area contributed by atoms with E-state index in [9.17, 15) is 23.6 Å². The molecule has 10 nitrogen and oxygen atoms in total. The van der Waals surface area contributed by atoms with Crippen LogP contribution >= 0.6 is 0 Å². The summed E-state index contributed by atoms with van der Waals surface area (Å²) in [7, 11) is 0. The summed E-state index contributed by atoms with van der Waals surface area (Å²) in [5.41, 5.74) is 6.17. The van der Waals surface area contributed by atoms with Crippen LogP contribution in [-0.4, -0.2) is 48.0 Å². The second-order valence-electron chi connectivity index (χ2n) is 7.18. The molecule has 0 radical (unpaired) electrons. The number of ether oxygens (including phenoxy) is 1. The lowest BCUT2D eigenvalue weighted by Crippen LogP contribution is -2.31. The zero-order valence-corrected chi connectivity index (χ0v) is 17.3. The summed E-state index contributed by atoms with van der Waals surface area (Å²) in [5.74, 6) is -1.57. The second-order valence-corrected chi connectivity index (χ2v) is 7.18. The van der Waals surface area contributed by atoms with Crippen molar-refractivity contribution in [2.45, 2.75) is 25.9 Å². The first-order chi connectivity index (χ1) is 15.2. The van der Waals surface area contributed by atoms with E-state index in [1.165, 1.54) is 36.2 Å². The Labute approximate surface area is 182 Å². The first-order valence-electron chi connectivity index (χ1n) is 9.79. The number of anilines is 2. The molecular weight excluding hydrogens is 421 g/mol. The monoisotopic (exact) mass is 443 g/mol. The van der Waals surface area contributed by atoms with Crippen LogP contribution in [0.25, 0.3) is 11.1 Å². The van der Waals surface area contributed by atoms with E-state index in [-0.39, 0.29) is 36.8 Å². The zero-order chi connectivity index (χ0) is 23.3. The Hall–Kier alpha value is -4.02. The number of halogens is 1. The fourth-order valence-electron chi connectivity index (χ4n) is 3.11. The van der Waals surface area contributed by atoms with Crippen molar-refractivity contribution in [3.05, 3.63) is 42.3 Å². The molecule has 1 atom stereocenters. The molecule has 1 saturated heterocycles. The van der Waals surface area contributed by atoms with Gasteiger partial charge < -0.3 is 21.1 Å². The Morgan fingerprint density at radius 3 is 2.69 bits per heavy atom. The van der Waals surface area contributed by atoms with Gasteiger partial charge in [-0.25, -0.2) is 14.2 Å². The highest BCUT2D eigenvalue weighted by Crippen LogP contribution is 2.29. The quantitative estimate of drug-likeness (QED) is 0.565. The molecule has 1 fully saturated rings. The third-order valence-electron chi connectivity index (χ3n) is 4.69. The van der Waals surface area contributed by atoms with Gasteiger partial charge in [-0.3, -0.25) is 19.3 Å². The fraction of sp³-hybridized carbons (Fsp3) is 0.286. The maximum absolute atomic E-state index is 14.8. The van der Waals surface area contributed by atoms with Gasteiger partial charge in [-0.1, -0.05) is 0 Å². The van der Waals surface area contributed by atoms with Gasteiger partial charge in [0, 0.05) is 30.7 Å². The molecule has 1 aliphatic heterocycles. The number of hydrogen-bond donors (Lipinski definition) is 3. The third kappa shape index (κ3) is 5.78. The number of benzene rings is 1. The zero-order valence-electron chi connectivity index (χ0n) is 17.3. The van der Waals surface area contributed by atoms with Crippen LogP contribution < -0.4 is 21.3 Å². The molecule has 0 bridgehead atoms. The third-order valence-corrected chi connectivity index (χ3v) is 4.69. The van der Waals surface area contributed by atoms with Gasteiger partial charge in [0.05, 0.1) is 18.8 Å². The summed E-state index contributed by atoms with van der Waals surface area (Å²) in [4.78, 5) is 51.0. The van der Waals surface area contributed by atoms with E-state index in [0.717, 1.165) is 0 Å². The minimum absolute atomic E-state index is 0.0930. The summed E-state index contributed by atoms with van der Waals surface area (Å²) in [6.07, 6.45) is 0.687. The summed E-state index contributed by atoms with van der Waals surface area (Å²) in [6, 6.07) is 7.41. The number of carbonyl (C=O) groups excluding carboxylic acids is 4. The topological polar surface area (TPSA) is 144 Å². The molecule has 1 aliphatic rings. The Morgan fingerprint density at radius 2 is 2.06 bits per heavy atom. The number of amides is 4. The minimum Gasteiger partial charge on any atom is -0.444 e. The molecule has 4 amide bonds. The van der Waals surface area contributed by atoms with Gasteiger partial charge in [0.15, 0.2) is 0 Å². The highest BCUT2D eigenvalue weighted by molar-refractivity contribution is 5.93. The van der Waals surface area contributed by atoms with Crippen LogP contribution in [0.4, 0.5) is 20.7 Å². The van der Waals surface area contributed by atoms with Crippen molar-refractivity contribution in [2.75, 3.05) is 23.3 Å². The van der Waals surface area contributed by atoms with E-state index < -0.39 is 29.8 Å². The summed E-state index contributed by atoms with van der Waals surface area (Å²) < 4.78 is 20.0. The van der Waals surface area contributed by atoms with Crippen molar-refractivity contribution < 1.29 is 28.3 Å². The van der Waals surface area contributed by atoms with Gasteiger partial charge in [0.25, 0.3) is 0 Å². The first kappa shape index (κ1) is 22.7. The molecule has 2 heterocycles. The lowest BCUT2D eigenvalue weighted by atomic mass is 10.1. The number of rotatable bonds is 8. The molecule has 32 heavy (non-hydrogen) atoms. The van der Waals surface area contributed by atoms with Crippen LogP contribution in [0.5, 0.6) is 0 Å². The van der Waals surface area contributed by atoms with Gasteiger partial charge in [0.2, 0.25) is 17.7 Å². The number of hydrogen-bond acceptors (Lipinski definition) is 6. The smallest absolute Gasteiger partial charge is 0.414 e. The van der Waals surface area contributed by atoms with Crippen molar-refractivity contribution in [2.24, 2.45) is 5.73 Å². The van der Waals surface area contributed by atoms with E-state index in [4.69, 9.17) is 10.5 Å². The predicted octanol–water partition coefficient (Wildman–Crippen LogP) is 1.55. The first-order valence-corrected chi connectivity index (χ1v) is 9.79. The number of aromatic nitrogens is 1. The van der Waals surface area contributed by atoms with Gasteiger partial charge >= 0.3 is 6.09 Å². The average molecular weight is 443 g/mol. The molecule has 1 aromatic carbocycles. The van der Waals surface area contributed by atoms with Crippen LogP contribution in [0.1, 0.15) is 19.8 Å². The van der Waals surface area contributed by atoms with E-state index >= 15 is 0 Å². The summed E-state index contributed by atoms with van der Waals surface area (Å²) in [5, 5.41) is 4.89. The normalized spacial score (nSPS) is 15.2. The summed E-state index contributed by atoms with van der Waals surface area (Å²) >= 11 is 0. The Bertz CT molecular complexity index is 1040. The standard InChI is InChI=1S/C21H22FN5O5/c1-12(28)24-10-20(30)26-19-7-2-13(9-25-19)16-5-3-14(8-17(16)22)27-11-15(32-21(27)31)4-6-18(23)29/h2-3,5,7-9,15H,4,6,10-11H2,1H3,(H2,23,29)(H,24,28)(H,25,26,30). The molecule has 0 saturated carbocycles. The molecule has 0 spiro atoms.